The van der Waals surface area contributed by atoms with Crippen molar-refractivity contribution in [3.63, 3.8) is 0 Å². The van der Waals surface area contributed by atoms with Crippen molar-refractivity contribution in [3.8, 4) is 17.2 Å². The zero-order valence-electron chi connectivity index (χ0n) is 21.5. The van der Waals surface area contributed by atoms with Crippen LogP contribution in [-0.2, 0) is 20.6 Å². The van der Waals surface area contributed by atoms with Gasteiger partial charge in [0.05, 0.1) is 31.4 Å². The van der Waals surface area contributed by atoms with E-state index in [-0.39, 0.29) is 10.6 Å². The van der Waals surface area contributed by atoms with E-state index in [9.17, 15) is 13.2 Å². The topological polar surface area (TPSA) is 94.2 Å². The Balaban J connectivity index is 1.74. The van der Waals surface area contributed by atoms with E-state index in [1.165, 1.54) is 32.4 Å². The number of carbonyl (C=O) groups is 1. The van der Waals surface area contributed by atoms with E-state index in [1.54, 1.807) is 36.0 Å². The number of ether oxygens (including phenoxy) is 3. The van der Waals surface area contributed by atoms with Crippen LogP contribution in [0.15, 0.2) is 71.6 Å². The Bertz CT molecular complexity index is 1320. The molecular weight excluding hydrogens is 548 g/mol. The third-order valence-corrected chi connectivity index (χ3v) is 8.43. The van der Waals surface area contributed by atoms with Crippen LogP contribution in [0.4, 0.5) is 5.69 Å². The summed E-state index contributed by atoms with van der Waals surface area (Å²) in [6, 6.07) is 18.5. The van der Waals surface area contributed by atoms with Gasteiger partial charge in [-0.1, -0.05) is 23.7 Å². The van der Waals surface area contributed by atoms with Crippen LogP contribution >= 0.6 is 23.4 Å². The fraction of sp³-hybridized carbons (Fsp3) is 0.296. The van der Waals surface area contributed by atoms with Gasteiger partial charge in [-0.05, 0) is 61.0 Å². The number of nitrogens with one attached hydrogen (secondary N) is 1. The van der Waals surface area contributed by atoms with Gasteiger partial charge in [-0.25, -0.2) is 8.42 Å². The van der Waals surface area contributed by atoms with Crippen molar-refractivity contribution in [2.45, 2.75) is 17.6 Å². The number of hydrogen-bond donors (Lipinski definition) is 1. The van der Waals surface area contributed by atoms with Crippen LogP contribution in [0.3, 0.4) is 0 Å². The first kappa shape index (κ1) is 29.5. The molecule has 1 amide bonds. The summed E-state index contributed by atoms with van der Waals surface area (Å²) in [5.41, 5.74) is 1.42. The highest BCUT2D eigenvalue weighted by molar-refractivity contribution is 7.98. The summed E-state index contributed by atoms with van der Waals surface area (Å²) < 4.78 is 44.5. The van der Waals surface area contributed by atoms with E-state index in [0.717, 1.165) is 15.6 Å². The number of hydrogen-bond acceptors (Lipinski definition) is 7. The summed E-state index contributed by atoms with van der Waals surface area (Å²) >= 11 is 7.67. The van der Waals surface area contributed by atoms with Crippen LogP contribution in [0, 0.1) is 0 Å². The first-order chi connectivity index (χ1) is 18.3. The van der Waals surface area contributed by atoms with Crippen molar-refractivity contribution in [2.24, 2.45) is 0 Å². The fourth-order valence-corrected chi connectivity index (χ4v) is 6.02. The molecule has 0 heterocycles. The molecule has 3 aromatic carbocycles. The maximum atomic E-state index is 13.7. The largest absolute Gasteiger partial charge is 0.494 e. The summed E-state index contributed by atoms with van der Waals surface area (Å²) in [5.74, 6) is 2.24. The Kier molecular flexibility index (Phi) is 11.0. The van der Waals surface area contributed by atoms with Crippen LogP contribution in [0.25, 0.3) is 0 Å². The predicted octanol–water partition coefficient (Wildman–Crippen LogP) is 5.00. The third-order valence-electron chi connectivity index (χ3n) is 5.39. The Morgan fingerprint density at radius 2 is 1.74 bits per heavy atom. The van der Waals surface area contributed by atoms with Gasteiger partial charge >= 0.3 is 0 Å². The lowest BCUT2D eigenvalue weighted by molar-refractivity contribution is -0.119. The molecule has 3 aromatic rings. The van der Waals surface area contributed by atoms with Gasteiger partial charge in [-0.15, -0.1) is 0 Å². The van der Waals surface area contributed by atoms with Gasteiger partial charge in [0.25, 0.3) is 10.0 Å². The molecule has 0 saturated carbocycles. The summed E-state index contributed by atoms with van der Waals surface area (Å²) in [6.45, 7) is 2.32. The lowest BCUT2D eigenvalue weighted by atomic mass is 10.2. The molecule has 38 heavy (non-hydrogen) atoms. The zero-order valence-corrected chi connectivity index (χ0v) is 23.9. The summed E-state index contributed by atoms with van der Waals surface area (Å²) in [4.78, 5) is 12.8. The number of amides is 1. The van der Waals surface area contributed by atoms with Gasteiger partial charge in [0.2, 0.25) is 5.91 Å². The van der Waals surface area contributed by atoms with Crippen molar-refractivity contribution >= 4 is 45.0 Å². The van der Waals surface area contributed by atoms with Gasteiger partial charge in [0, 0.05) is 29.1 Å². The van der Waals surface area contributed by atoms with Crippen LogP contribution in [-0.4, -0.2) is 54.0 Å². The highest BCUT2D eigenvalue weighted by Crippen LogP contribution is 2.32. The third kappa shape index (κ3) is 7.96. The second kappa shape index (κ2) is 14.2. The molecule has 11 heteroatoms. The number of carbonyl (C=O) groups excluding carboxylic acids is 1. The number of nitrogens with zero attached hydrogens (tertiary/aromatic N) is 1. The van der Waals surface area contributed by atoms with E-state index in [1.807, 2.05) is 31.2 Å². The van der Waals surface area contributed by atoms with E-state index in [0.29, 0.717) is 41.1 Å². The molecule has 0 aromatic heterocycles. The molecular formula is C27H31ClN2O6S2. The minimum atomic E-state index is -4.13. The van der Waals surface area contributed by atoms with Gasteiger partial charge in [-0.3, -0.25) is 9.10 Å². The average molecular weight is 579 g/mol. The van der Waals surface area contributed by atoms with Gasteiger partial charge in [0.15, 0.2) is 11.5 Å². The van der Waals surface area contributed by atoms with E-state index in [2.05, 4.69) is 5.32 Å². The van der Waals surface area contributed by atoms with Crippen molar-refractivity contribution in [2.75, 3.05) is 44.0 Å². The monoisotopic (exact) mass is 578 g/mol. The van der Waals surface area contributed by atoms with Crippen molar-refractivity contribution in [1.29, 1.82) is 0 Å². The molecule has 0 saturated heterocycles. The second-order valence-electron chi connectivity index (χ2n) is 7.99. The number of benzene rings is 3. The summed E-state index contributed by atoms with van der Waals surface area (Å²) in [5, 5.41) is 3.50. The maximum Gasteiger partial charge on any atom is 0.264 e. The van der Waals surface area contributed by atoms with Crippen molar-refractivity contribution in [1.82, 2.24) is 5.32 Å². The lowest BCUT2D eigenvalue weighted by Gasteiger charge is -2.24. The molecule has 0 aliphatic rings. The smallest absolute Gasteiger partial charge is 0.264 e. The summed E-state index contributed by atoms with van der Waals surface area (Å²) in [7, 11) is -1.23. The normalized spacial score (nSPS) is 11.1. The van der Waals surface area contributed by atoms with Gasteiger partial charge in [-0.2, -0.15) is 11.8 Å². The van der Waals surface area contributed by atoms with Crippen LogP contribution in [0.2, 0.25) is 5.02 Å². The minimum absolute atomic E-state index is 0.0334. The Morgan fingerprint density at radius 1 is 1.00 bits per heavy atom. The molecule has 3 rings (SSSR count). The highest BCUT2D eigenvalue weighted by atomic mass is 35.5. The molecule has 0 unspecified atom stereocenters. The lowest BCUT2D eigenvalue weighted by Crippen LogP contribution is -2.41. The first-order valence-electron chi connectivity index (χ1n) is 11.8. The van der Waals surface area contributed by atoms with E-state index in [4.69, 9.17) is 25.8 Å². The minimum Gasteiger partial charge on any atom is -0.494 e. The average Bonchev–Trinajstić information content (AvgIpc) is 2.91. The van der Waals surface area contributed by atoms with Crippen molar-refractivity contribution < 1.29 is 27.4 Å². The van der Waals surface area contributed by atoms with Crippen LogP contribution < -0.4 is 23.8 Å². The second-order valence-corrected chi connectivity index (χ2v) is 11.4. The van der Waals surface area contributed by atoms with E-state index < -0.39 is 22.5 Å². The number of thioether (sulfide) groups is 1. The van der Waals surface area contributed by atoms with Crippen molar-refractivity contribution in [3.05, 3.63) is 77.3 Å². The Labute approximate surface area is 233 Å². The number of sulfonamides is 1. The Hall–Kier alpha value is -3.08. The quantitative estimate of drug-likeness (QED) is 0.269. The number of anilines is 1. The molecule has 0 spiro atoms. The van der Waals surface area contributed by atoms with Gasteiger partial charge < -0.3 is 19.5 Å². The number of methoxy groups -OCH3 is 2. The fourth-order valence-electron chi connectivity index (χ4n) is 3.56. The zero-order chi connectivity index (χ0) is 27.5. The van der Waals surface area contributed by atoms with Crippen LogP contribution in [0.1, 0.15) is 12.5 Å². The molecule has 1 N–H and O–H groups in total. The molecule has 0 radical (unpaired) electrons. The van der Waals surface area contributed by atoms with Crippen LogP contribution in [0.5, 0.6) is 17.2 Å². The Morgan fingerprint density at radius 3 is 2.39 bits per heavy atom. The molecule has 0 fully saturated rings. The first-order valence-corrected chi connectivity index (χ1v) is 14.8. The van der Waals surface area contributed by atoms with E-state index >= 15 is 0 Å². The highest BCUT2D eigenvalue weighted by Gasteiger charge is 2.28. The molecule has 0 bridgehead atoms. The number of rotatable bonds is 14. The molecule has 0 aliphatic carbocycles. The predicted molar refractivity (Wildman–Crippen MR) is 152 cm³/mol. The molecule has 204 valence electrons. The van der Waals surface area contributed by atoms with Gasteiger partial charge in [0.1, 0.15) is 12.3 Å². The molecule has 8 nitrogen and oxygen atoms in total. The maximum absolute atomic E-state index is 13.7. The number of halogens is 1. The SMILES string of the molecule is CCOc1ccc(N(CC(=O)NCCSCc2cccc(Cl)c2)S(=O)(=O)c2ccc(OC)c(OC)c2)cc1. The molecule has 0 aliphatic heterocycles. The standard InChI is InChI=1S/C27H31ClN2O6S2/c1-4-36-23-10-8-22(9-11-23)30(38(32,33)24-12-13-25(34-2)26(17-24)35-3)18-27(31)29-14-15-37-19-20-6-5-7-21(28)16-20/h5-13,16-17H,4,14-15,18-19H2,1-3H3,(H,29,31). The molecule has 0 atom stereocenters. The summed E-state index contributed by atoms with van der Waals surface area (Å²) in [6.07, 6.45) is 0.